The van der Waals surface area contributed by atoms with E-state index in [4.69, 9.17) is 19.3 Å². The Kier molecular flexibility index (Phi) is 11.0. The first-order valence-electron chi connectivity index (χ1n) is 12.8. The highest BCUT2D eigenvalue weighted by Crippen LogP contribution is 2.43. The lowest BCUT2D eigenvalue weighted by Gasteiger charge is -2.31. The Labute approximate surface area is 222 Å². The molecule has 1 aromatic rings. The zero-order valence-corrected chi connectivity index (χ0v) is 22.9. The summed E-state index contributed by atoms with van der Waals surface area (Å²) in [6.45, 7) is 4.35. The molecule has 2 N–H and O–H groups in total. The summed E-state index contributed by atoms with van der Waals surface area (Å²) in [5.74, 6) is -1.46. The summed E-state index contributed by atoms with van der Waals surface area (Å²) < 4.78 is 20.0. The highest BCUT2D eigenvalue weighted by molar-refractivity contribution is 14.1. The molecular formula is C27H38INO6. The lowest BCUT2D eigenvalue weighted by atomic mass is 9.91. The van der Waals surface area contributed by atoms with Crippen molar-refractivity contribution < 1.29 is 28.9 Å². The van der Waals surface area contributed by atoms with Crippen molar-refractivity contribution in [3.63, 3.8) is 0 Å². The quantitative estimate of drug-likeness (QED) is 0.191. The number of ether oxygens (including phenoxy) is 3. The largest absolute Gasteiger partial charge is 0.455 e. The van der Waals surface area contributed by atoms with E-state index in [1.54, 1.807) is 12.1 Å². The monoisotopic (exact) mass is 599 g/mol. The molecule has 0 aromatic heterocycles. The third-order valence-corrected chi connectivity index (χ3v) is 7.48. The molecule has 3 atom stereocenters. The Morgan fingerprint density at radius 1 is 1.11 bits per heavy atom. The molecule has 1 heterocycles. The molecule has 1 aliphatic carbocycles. The van der Waals surface area contributed by atoms with Gasteiger partial charge in [0.05, 0.1) is 12.2 Å². The normalized spacial score (nSPS) is 22.9. The number of carbonyl (C=O) groups excluding carboxylic acids is 2. The minimum absolute atomic E-state index is 0.145. The van der Waals surface area contributed by atoms with Crippen molar-refractivity contribution in [2.75, 3.05) is 13.2 Å². The van der Waals surface area contributed by atoms with Crippen LogP contribution in [-0.4, -0.2) is 54.2 Å². The van der Waals surface area contributed by atoms with Crippen LogP contribution in [0.4, 0.5) is 0 Å². The second-order valence-electron chi connectivity index (χ2n) is 9.29. The zero-order valence-electron chi connectivity index (χ0n) is 20.8. The SMILES string of the molecule is CCCCCC1(CCCCC)OC2C=C(C(=O)NCCO)CC(OC(=O)c3ccccc3I)C2O1. The van der Waals surface area contributed by atoms with Crippen molar-refractivity contribution >= 4 is 34.5 Å². The standard InChI is InChI=1S/C27H38INO6/c1-3-5-9-13-27(14-10-6-4-2)34-23-18-19(25(31)29-15-16-30)17-22(24(23)35-27)33-26(32)20-11-7-8-12-21(20)28/h7-8,11-12,18,22-24,30H,3-6,9-10,13-17H2,1-2H3,(H,29,31). The molecule has 0 bridgehead atoms. The number of amides is 1. The first kappa shape index (κ1) is 28.1. The van der Waals surface area contributed by atoms with Crippen LogP contribution in [0.1, 0.15) is 82.0 Å². The molecule has 7 nitrogen and oxygen atoms in total. The van der Waals surface area contributed by atoms with E-state index in [9.17, 15) is 9.59 Å². The summed E-state index contributed by atoms with van der Waals surface area (Å²) in [7, 11) is 0. The second kappa shape index (κ2) is 13.7. The minimum Gasteiger partial charge on any atom is -0.455 e. The molecule has 1 fully saturated rings. The van der Waals surface area contributed by atoms with Crippen LogP contribution in [0.2, 0.25) is 0 Å². The Bertz CT molecular complexity index is 878. The molecule has 0 spiro atoms. The first-order valence-corrected chi connectivity index (χ1v) is 13.9. The fourth-order valence-corrected chi connectivity index (χ4v) is 5.32. The van der Waals surface area contributed by atoms with Crippen molar-refractivity contribution in [1.29, 1.82) is 0 Å². The van der Waals surface area contributed by atoms with Crippen molar-refractivity contribution in [3.8, 4) is 0 Å². The number of hydrogen-bond donors (Lipinski definition) is 2. The summed E-state index contributed by atoms with van der Waals surface area (Å²) in [4.78, 5) is 25.8. The summed E-state index contributed by atoms with van der Waals surface area (Å²) in [5, 5.41) is 11.8. The van der Waals surface area contributed by atoms with Gasteiger partial charge >= 0.3 is 5.97 Å². The van der Waals surface area contributed by atoms with E-state index in [0.717, 1.165) is 54.9 Å². The molecular weight excluding hydrogens is 561 g/mol. The van der Waals surface area contributed by atoms with Crippen LogP contribution in [0.25, 0.3) is 0 Å². The minimum atomic E-state index is -0.737. The van der Waals surface area contributed by atoms with E-state index in [1.807, 2.05) is 18.2 Å². The second-order valence-corrected chi connectivity index (χ2v) is 10.5. The summed E-state index contributed by atoms with van der Waals surface area (Å²) in [6.07, 6.45) is 8.35. The molecule has 1 aliphatic heterocycles. The Morgan fingerprint density at radius 2 is 1.80 bits per heavy atom. The molecule has 1 amide bonds. The van der Waals surface area contributed by atoms with Gasteiger partial charge in [-0.2, -0.15) is 0 Å². The van der Waals surface area contributed by atoms with Crippen LogP contribution in [0.15, 0.2) is 35.9 Å². The van der Waals surface area contributed by atoms with Gasteiger partial charge in [0.2, 0.25) is 5.91 Å². The lowest BCUT2D eigenvalue weighted by Crippen LogP contribution is -2.44. The predicted molar refractivity (Wildman–Crippen MR) is 142 cm³/mol. The van der Waals surface area contributed by atoms with Crippen molar-refractivity contribution in [2.24, 2.45) is 0 Å². The molecule has 194 valence electrons. The number of aliphatic hydroxyl groups excluding tert-OH is 1. The van der Waals surface area contributed by atoms with Gasteiger partial charge in [-0.25, -0.2) is 4.79 Å². The maximum atomic E-state index is 13.1. The molecule has 3 unspecified atom stereocenters. The first-order chi connectivity index (χ1) is 16.9. The van der Waals surface area contributed by atoms with Gasteiger partial charge < -0.3 is 24.6 Å². The average Bonchev–Trinajstić information content (AvgIpc) is 3.22. The third kappa shape index (κ3) is 7.50. The topological polar surface area (TPSA) is 94.1 Å². The average molecular weight is 600 g/mol. The van der Waals surface area contributed by atoms with Crippen LogP contribution in [0, 0.1) is 3.57 Å². The Hall–Kier alpha value is -1.49. The molecule has 1 saturated heterocycles. The van der Waals surface area contributed by atoms with Crippen LogP contribution in [-0.2, 0) is 19.0 Å². The van der Waals surface area contributed by atoms with Crippen molar-refractivity contribution in [2.45, 2.75) is 95.7 Å². The third-order valence-electron chi connectivity index (χ3n) is 6.54. The lowest BCUT2D eigenvalue weighted by molar-refractivity contribution is -0.190. The molecule has 3 rings (SSSR count). The van der Waals surface area contributed by atoms with Gasteiger partial charge in [0, 0.05) is 35.0 Å². The van der Waals surface area contributed by atoms with Crippen molar-refractivity contribution in [3.05, 3.63) is 45.0 Å². The maximum absolute atomic E-state index is 13.1. The van der Waals surface area contributed by atoms with Crippen LogP contribution >= 0.6 is 22.6 Å². The van der Waals surface area contributed by atoms with Gasteiger partial charge in [-0.3, -0.25) is 4.79 Å². The van der Waals surface area contributed by atoms with Gasteiger partial charge in [-0.05, 0) is 53.6 Å². The van der Waals surface area contributed by atoms with Crippen LogP contribution in [0.3, 0.4) is 0 Å². The number of benzene rings is 1. The zero-order chi connectivity index (χ0) is 25.3. The summed E-state index contributed by atoms with van der Waals surface area (Å²) in [5.41, 5.74) is 0.975. The number of nitrogens with one attached hydrogen (secondary N) is 1. The highest BCUT2D eigenvalue weighted by atomic mass is 127. The van der Waals surface area contributed by atoms with Gasteiger partial charge in [-0.15, -0.1) is 0 Å². The van der Waals surface area contributed by atoms with Gasteiger partial charge in [0.25, 0.3) is 0 Å². The van der Waals surface area contributed by atoms with Crippen molar-refractivity contribution in [1.82, 2.24) is 5.32 Å². The smallest absolute Gasteiger partial charge is 0.339 e. The Balaban J connectivity index is 1.85. The van der Waals surface area contributed by atoms with Crippen LogP contribution in [0.5, 0.6) is 0 Å². The number of unbranched alkanes of at least 4 members (excludes halogenated alkanes) is 4. The molecule has 8 heteroatoms. The number of rotatable bonds is 13. The Morgan fingerprint density at radius 3 is 2.43 bits per heavy atom. The number of fused-ring (bicyclic) bond motifs is 1. The molecule has 1 aromatic carbocycles. The molecule has 0 saturated carbocycles. The van der Waals surface area contributed by atoms with Gasteiger partial charge in [0.15, 0.2) is 5.79 Å². The van der Waals surface area contributed by atoms with Gasteiger partial charge in [-0.1, -0.05) is 51.7 Å². The van der Waals surface area contributed by atoms with E-state index in [0.29, 0.717) is 11.1 Å². The van der Waals surface area contributed by atoms with Crippen LogP contribution < -0.4 is 5.32 Å². The number of halogens is 1. The molecule has 2 aliphatic rings. The fraction of sp³-hybridized carbons (Fsp3) is 0.630. The maximum Gasteiger partial charge on any atom is 0.339 e. The molecule has 0 radical (unpaired) electrons. The number of carbonyl (C=O) groups is 2. The predicted octanol–water partition coefficient (Wildman–Crippen LogP) is 4.90. The van der Waals surface area contributed by atoms with E-state index >= 15 is 0 Å². The number of hydrogen-bond acceptors (Lipinski definition) is 6. The number of esters is 1. The van der Waals surface area contributed by atoms with Gasteiger partial charge in [0.1, 0.15) is 18.3 Å². The summed E-state index contributed by atoms with van der Waals surface area (Å²) >= 11 is 2.12. The van der Waals surface area contributed by atoms with E-state index < -0.39 is 30.1 Å². The van der Waals surface area contributed by atoms with E-state index in [2.05, 4.69) is 41.8 Å². The highest BCUT2D eigenvalue weighted by Gasteiger charge is 2.52. The number of aliphatic hydroxyl groups is 1. The van der Waals surface area contributed by atoms with E-state index in [1.165, 1.54) is 0 Å². The fourth-order valence-electron chi connectivity index (χ4n) is 4.71. The molecule has 35 heavy (non-hydrogen) atoms. The van der Waals surface area contributed by atoms with E-state index in [-0.39, 0.29) is 25.5 Å². The summed E-state index contributed by atoms with van der Waals surface area (Å²) in [6, 6.07) is 7.27.